The molecule has 7 heteroatoms. The molecule has 0 aliphatic heterocycles. The monoisotopic (exact) mass is 389 g/mol. The first kappa shape index (κ1) is 18.5. The molecule has 4 aromatic rings. The lowest BCUT2D eigenvalue weighted by Gasteiger charge is -2.04. The van der Waals surface area contributed by atoms with E-state index in [4.69, 9.17) is 4.74 Å². The van der Waals surface area contributed by atoms with Crippen LogP contribution in [0, 0.1) is 13.8 Å². The topological polar surface area (TPSA) is 108 Å². The third kappa shape index (κ3) is 3.50. The SMILES string of the molecule is Cc1[nH]c(C(=O)c2cc3cc(OCc4ccccc4)ncc3[nH]2)c(C)c1C(=O)O. The predicted octanol–water partition coefficient (Wildman–Crippen LogP) is 4.02. The van der Waals surface area contributed by atoms with Crippen LogP contribution in [0.3, 0.4) is 0 Å². The highest BCUT2D eigenvalue weighted by atomic mass is 16.5. The highest BCUT2D eigenvalue weighted by molar-refractivity contribution is 6.11. The zero-order valence-corrected chi connectivity index (χ0v) is 15.9. The number of aromatic amines is 2. The van der Waals surface area contributed by atoms with Crippen LogP contribution in [-0.2, 0) is 6.61 Å². The number of H-pyrrole nitrogens is 2. The van der Waals surface area contributed by atoms with Crippen LogP contribution in [0.25, 0.3) is 10.9 Å². The number of hydrogen-bond acceptors (Lipinski definition) is 4. The van der Waals surface area contributed by atoms with Gasteiger partial charge >= 0.3 is 5.97 Å². The Bertz CT molecular complexity index is 1220. The van der Waals surface area contributed by atoms with Crippen LogP contribution >= 0.6 is 0 Å². The standard InChI is InChI=1S/C22H19N3O4/c1-12-19(22(27)28)13(2)24-20(12)21(26)16-8-15-9-18(23-10-17(15)25-16)29-11-14-6-4-3-5-7-14/h3-10,24-25H,11H2,1-2H3,(H,27,28). The Kier molecular flexibility index (Phi) is 4.64. The van der Waals surface area contributed by atoms with E-state index >= 15 is 0 Å². The fraction of sp³-hybridized carbons (Fsp3) is 0.136. The average molecular weight is 389 g/mol. The number of rotatable bonds is 6. The van der Waals surface area contributed by atoms with Crippen LogP contribution in [0.5, 0.6) is 5.88 Å². The first-order valence-electron chi connectivity index (χ1n) is 9.06. The molecule has 0 bridgehead atoms. The highest BCUT2D eigenvalue weighted by Gasteiger charge is 2.23. The average Bonchev–Trinajstić information content (AvgIpc) is 3.26. The van der Waals surface area contributed by atoms with Gasteiger partial charge in [0.15, 0.2) is 0 Å². The van der Waals surface area contributed by atoms with E-state index in [9.17, 15) is 14.7 Å². The van der Waals surface area contributed by atoms with Crippen LogP contribution in [0.15, 0.2) is 48.7 Å². The Morgan fingerprint density at radius 1 is 1.10 bits per heavy atom. The molecule has 1 aromatic carbocycles. The summed E-state index contributed by atoms with van der Waals surface area (Å²) in [5, 5.41) is 10.1. The molecule has 0 saturated carbocycles. The number of pyridine rings is 1. The van der Waals surface area contributed by atoms with Gasteiger partial charge in [-0.15, -0.1) is 0 Å². The van der Waals surface area contributed by atoms with Crippen molar-refractivity contribution in [2.24, 2.45) is 0 Å². The van der Waals surface area contributed by atoms with Gasteiger partial charge in [-0.05, 0) is 31.0 Å². The third-order valence-electron chi connectivity index (χ3n) is 4.83. The van der Waals surface area contributed by atoms with Gasteiger partial charge in [0.25, 0.3) is 0 Å². The predicted molar refractivity (Wildman–Crippen MR) is 108 cm³/mol. The lowest BCUT2D eigenvalue weighted by Crippen LogP contribution is -2.05. The Morgan fingerprint density at radius 2 is 1.86 bits per heavy atom. The number of aromatic nitrogens is 3. The molecule has 3 N–H and O–H groups in total. The van der Waals surface area contributed by atoms with Crippen molar-refractivity contribution in [3.05, 3.63) is 82.4 Å². The van der Waals surface area contributed by atoms with Gasteiger partial charge in [0.05, 0.1) is 28.7 Å². The van der Waals surface area contributed by atoms with Crippen molar-refractivity contribution in [3.63, 3.8) is 0 Å². The number of hydrogen-bond donors (Lipinski definition) is 3. The summed E-state index contributed by atoms with van der Waals surface area (Å²) in [4.78, 5) is 34.5. The van der Waals surface area contributed by atoms with E-state index in [0.717, 1.165) is 10.9 Å². The number of carboxylic acids is 1. The van der Waals surface area contributed by atoms with Crippen LogP contribution in [0.2, 0.25) is 0 Å². The number of aromatic carboxylic acids is 1. The van der Waals surface area contributed by atoms with Gasteiger partial charge in [0, 0.05) is 17.1 Å². The molecule has 0 radical (unpaired) electrons. The van der Waals surface area contributed by atoms with Gasteiger partial charge in [-0.2, -0.15) is 0 Å². The maximum Gasteiger partial charge on any atom is 0.337 e. The normalized spacial score (nSPS) is 11.0. The van der Waals surface area contributed by atoms with E-state index < -0.39 is 5.97 Å². The van der Waals surface area contributed by atoms with Crippen molar-refractivity contribution in [2.45, 2.75) is 20.5 Å². The Morgan fingerprint density at radius 3 is 2.55 bits per heavy atom. The van der Waals surface area contributed by atoms with Crippen LogP contribution < -0.4 is 4.74 Å². The summed E-state index contributed by atoms with van der Waals surface area (Å²) < 4.78 is 5.74. The van der Waals surface area contributed by atoms with Crippen molar-refractivity contribution in [3.8, 4) is 5.88 Å². The largest absolute Gasteiger partial charge is 0.478 e. The minimum Gasteiger partial charge on any atom is -0.478 e. The fourth-order valence-electron chi connectivity index (χ4n) is 3.38. The van der Waals surface area contributed by atoms with Gasteiger partial charge in [-0.1, -0.05) is 30.3 Å². The molecular weight excluding hydrogens is 370 g/mol. The second-order valence-electron chi connectivity index (χ2n) is 6.83. The van der Waals surface area contributed by atoms with E-state index in [0.29, 0.717) is 35.0 Å². The number of benzene rings is 1. The maximum atomic E-state index is 12.9. The summed E-state index contributed by atoms with van der Waals surface area (Å²) in [7, 11) is 0. The molecule has 4 rings (SSSR count). The van der Waals surface area contributed by atoms with E-state index in [-0.39, 0.29) is 17.0 Å². The van der Waals surface area contributed by atoms with Crippen molar-refractivity contribution in [2.75, 3.05) is 0 Å². The van der Waals surface area contributed by atoms with Crippen LogP contribution in [-0.4, -0.2) is 31.8 Å². The van der Waals surface area contributed by atoms with Crippen molar-refractivity contribution >= 4 is 22.7 Å². The number of aryl methyl sites for hydroxylation is 1. The van der Waals surface area contributed by atoms with Crippen molar-refractivity contribution in [1.29, 1.82) is 0 Å². The highest BCUT2D eigenvalue weighted by Crippen LogP contribution is 2.24. The first-order chi connectivity index (χ1) is 13.9. The second kappa shape index (κ2) is 7.27. The molecule has 0 aliphatic rings. The third-order valence-corrected chi connectivity index (χ3v) is 4.83. The number of ketones is 1. The molecule has 29 heavy (non-hydrogen) atoms. The molecular formula is C22H19N3O4. The van der Waals surface area contributed by atoms with Crippen molar-refractivity contribution in [1.82, 2.24) is 15.0 Å². The zero-order valence-electron chi connectivity index (χ0n) is 15.9. The molecule has 0 atom stereocenters. The van der Waals surface area contributed by atoms with E-state index in [2.05, 4.69) is 15.0 Å². The van der Waals surface area contributed by atoms with E-state index in [1.807, 2.05) is 30.3 Å². The molecule has 0 unspecified atom stereocenters. The van der Waals surface area contributed by atoms with Crippen molar-refractivity contribution < 1.29 is 19.4 Å². The second-order valence-corrected chi connectivity index (χ2v) is 6.83. The summed E-state index contributed by atoms with van der Waals surface area (Å²) >= 11 is 0. The van der Waals surface area contributed by atoms with Crippen LogP contribution in [0.4, 0.5) is 0 Å². The van der Waals surface area contributed by atoms with Gasteiger partial charge in [0.2, 0.25) is 11.7 Å². The minimum absolute atomic E-state index is 0.128. The smallest absolute Gasteiger partial charge is 0.337 e. The van der Waals surface area contributed by atoms with E-state index in [1.165, 1.54) is 0 Å². The van der Waals surface area contributed by atoms with Gasteiger partial charge < -0.3 is 19.8 Å². The maximum absolute atomic E-state index is 12.9. The Hall–Kier alpha value is -3.87. The molecule has 0 saturated heterocycles. The summed E-state index contributed by atoms with van der Waals surface area (Å²) in [5.41, 5.74) is 3.34. The summed E-state index contributed by atoms with van der Waals surface area (Å²) in [6.45, 7) is 3.66. The minimum atomic E-state index is -1.06. The number of nitrogens with zero attached hydrogens (tertiary/aromatic N) is 1. The number of carboxylic acid groups (broad SMARTS) is 1. The molecule has 0 fully saturated rings. The van der Waals surface area contributed by atoms with Gasteiger partial charge in [0.1, 0.15) is 6.61 Å². The summed E-state index contributed by atoms with van der Waals surface area (Å²) in [5.74, 6) is -0.906. The number of fused-ring (bicyclic) bond motifs is 1. The zero-order chi connectivity index (χ0) is 20.5. The van der Waals surface area contributed by atoms with Crippen LogP contribution in [0.1, 0.15) is 43.4 Å². The Balaban J connectivity index is 1.60. The molecule has 7 nitrogen and oxygen atoms in total. The molecule has 0 spiro atoms. The summed E-state index contributed by atoms with van der Waals surface area (Å²) in [6, 6.07) is 13.2. The summed E-state index contributed by atoms with van der Waals surface area (Å²) in [6.07, 6.45) is 1.61. The number of carbonyl (C=O) groups is 2. The number of ether oxygens (including phenoxy) is 1. The molecule has 3 aromatic heterocycles. The Labute approximate surface area is 166 Å². The number of nitrogens with one attached hydrogen (secondary N) is 2. The fourth-order valence-corrected chi connectivity index (χ4v) is 3.38. The molecule has 0 amide bonds. The van der Waals surface area contributed by atoms with Gasteiger partial charge in [-0.25, -0.2) is 9.78 Å². The lowest BCUT2D eigenvalue weighted by atomic mass is 10.1. The molecule has 3 heterocycles. The van der Waals surface area contributed by atoms with E-state index in [1.54, 1.807) is 32.2 Å². The lowest BCUT2D eigenvalue weighted by molar-refractivity contribution is 0.0695. The molecule has 0 aliphatic carbocycles. The first-order valence-corrected chi connectivity index (χ1v) is 9.06. The quantitative estimate of drug-likeness (QED) is 0.432. The molecule has 146 valence electrons. The van der Waals surface area contributed by atoms with Gasteiger partial charge in [-0.3, -0.25) is 4.79 Å². The number of carbonyl (C=O) groups excluding carboxylic acids is 1.